The van der Waals surface area contributed by atoms with Crippen LogP contribution in [-0.4, -0.2) is 12.3 Å². The molecule has 0 aromatic carbocycles. The van der Waals surface area contributed by atoms with Crippen LogP contribution in [-0.2, 0) is 4.79 Å². The van der Waals surface area contributed by atoms with Gasteiger partial charge in [0.05, 0.1) is 0 Å². The van der Waals surface area contributed by atoms with E-state index in [4.69, 9.17) is 5.73 Å². The molecule has 2 saturated carbocycles. The van der Waals surface area contributed by atoms with Gasteiger partial charge in [-0.15, -0.1) is 0 Å². The number of hydrogen-bond donors (Lipinski definition) is 1. The highest BCUT2D eigenvalue weighted by Crippen LogP contribution is 2.41. The van der Waals surface area contributed by atoms with Crippen LogP contribution in [0.1, 0.15) is 71.1 Å². The average Bonchev–Trinajstić information content (AvgIpc) is 2.64. The van der Waals surface area contributed by atoms with Crippen LogP contribution in [0.3, 0.4) is 0 Å². The van der Waals surface area contributed by atoms with E-state index in [1.54, 1.807) is 0 Å². The van der Waals surface area contributed by atoms with Crippen molar-refractivity contribution < 1.29 is 4.79 Å². The highest BCUT2D eigenvalue weighted by atomic mass is 16.1. The average molecular weight is 251 g/mol. The molecule has 18 heavy (non-hydrogen) atoms. The van der Waals surface area contributed by atoms with Crippen molar-refractivity contribution in [2.45, 2.75) is 71.1 Å². The first-order chi connectivity index (χ1) is 8.68. The molecule has 104 valence electrons. The standard InChI is InChI=1S/C16H29NO/c1-13-7-6-8-14(11-13)15(18)16(12-17)9-4-2-3-5-10-16/h13-14H,2-12,17H2,1H3. The highest BCUT2D eigenvalue weighted by Gasteiger charge is 2.41. The van der Waals surface area contributed by atoms with Crippen molar-refractivity contribution >= 4 is 5.78 Å². The summed E-state index contributed by atoms with van der Waals surface area (Å²) >= 11 is 0. The van der Waals surface area contributed by atoms with E-state index >= 15 is 0 Å². The van der Waals surface area contributed by atoms with Crippen LogP contribution in [0.15, 0.2) is 0 Å². The van der Waals surface area contributed by atoms with Gasteiger partial charge < -0.3 is 5.73 Å². The largest absolute Gasteiger partial charge is 0.329 e. The van der Waals surface area contributed by atoms with E-state index in [1.807, 2.05) is 0 Å². The second-order valence-corrected chi connectivity index (χ2v) is 6.73. The summed E-state index contributed by atoms with van der Waals surface area (Å²) in [4.78, 5) is 12.9. The van der Waals surface area contributed by atoms with Crippen molar-refractivity contribution in [1.82, 2.24) is 0 Å². The predicted molar refractivity (Wildman–Crippen MR) is 75.3 cm³/mol. The number of carbonyl (C=O) groups excluding carboxylic acids is 1. The molecule has 0 aromatic rings. The van der Waals surface area contributed by atoms with E-state index in [1.165, 1.54) is 38.5 Å². The molecule has 2 nitrogen and oxygen atoms in total. The molecule has 0 bridgehead atoms. The van der Waals surface area contributed by atoms with E-state index in [2.05, 4.69) is 6.92 Å². The molecule has 2 aliphatic carbocycles. The van der Waals surface area contributed by atoms with Crippen LogP contribution in [0, 0.1) is 17.3 Å². The monoisotopic (exact) mass is 251 g/mol. The summed E-state index contributed by atoms with van der Waals surface area (Å²) in [6, 6.07) is 0. The van der Waals surface area contributed by atoms with Gasteiger partial charge in [-0.05, 0) is 31.6 Å². The minimum absolute atomic E-state index is 0.155. The zero-order valence-electron chi connectivity index (χ0n) is 11.9. The topological polar surface area (TPSA) is 43.1 Å². The summed E-state index contributed by atoms with van der Waals surface area (Å²) in [7, 11) is 0. The van der Waals surface area contributed by atoms with E-state index in [9.17, 15) is 4.79 Å². The van der Waals surface area contributed by atoms with Crippen LogP contribution in [0.2, 0.25) is 0 Å². The summed E-state index contributed by atoms with van der Waals surface area (Å²) in [6.45, 7) is 2.87. The van der Waals surface area contributed by atoms with Gasteiger partial charge in [-0.1, -0.05) is 45.4 Å². The molecule has 2 N–H and O–H groups in total. The molecule has 0 spiro atoms. The van der Waals surface area contributed by atoms with Gasteiger partial charge in [0.2, 0.25) is 0 Å². The highest BCUT2D eigenvalue weighted by molar-refractivity contribution is 5.87. The maximum atomic E-state index is 12.9. The molecule has 2 unspecified atom stereocenters. The summed E-state index contributed by atoms with van der Waals surface area (Å²) in [6.07, 6.45) is 11.8. The molecule has 2 aliphatic rings. The lowest BCUT2D eigenvalue weighted by atomic mass is 9.68. The minimum atomic E-state index is -0.155. The zero-order valence-corrected chi connectivity index (χ0v) is 11.9. The Hall–Kier alpha value is -0.370. The van der Waals surface area contributed by atoms with E-state index in [0.29, 0.717) is 18.2 Å². The lowest BCUT2D eigenvalue weighted by molar-refractivity contribution is -0.134. The SMILES string of the molecule is CC1CCCC(C(=O)C2(CN)CCCCCC2)C1. The number of rotatable bonds is 3. The Morgan fingerprint density at radius 2 is 1.78 bits per heavy atom. The number of Topliss-reactive ketones (excluding diaryl/α,β-unsaturated/α-hetero) is 1. The van der Waals surface area contributed by atoms with Crippen molar-refractivity contribution in [1.29, 1.82) is 0 Å². The Morgan fingerprint density at radius 1 is 1.11 bits per heavy atom. The Kier molecular flexibility index (Phi) is 4.83. The molecule has 2 fully saturated rings. The number of carbonyl (C=O) groups is 1. The van der Waals surface area contributed by atoms with Crippen LogP contribution in [0.25, 0.3) is 0 Å². The summed E-state index contributed by atoms with van der Waals surface area (Å²) in [5.41, 5.74) is 5.87. The first-order valence-corrected chi connectivity index (χ1v) is 7.92. The van der Waals surface area contributed by atoms with Gasteiger partial charge in [0.1, 0.15) is 5.78 Å². The van der Waals surface area contributed by atoms with Crippen molar-refractivity contribution in [3.05, 3.63) is 0 Å². The third-order valence-corrected chi connectivity index (χ3v) is 5.28. The summed E-state index contributed by atoms with van der Waals surface area (Å²) in [5, 5.41) is 0. The van der Waals surface area contributed by atoms with Crippen LogP contribution >= 0.6 is 0 Å². The van der Waals surface area contributed by atoms with Gasteiger partial charge in [0, 0.05) is 17.9 Å². The predicted octanol–water partition coefficient (Wildman–Crippen LogP) is 3.68. The molecule has 0 aromatic heterocycles. The fourth-order valence-corrected chi connectivity index (χ4v) is 4.06. The Balaban J connectivity index is 2.07. The molecule has 0 amide bonds. The summed E-state index contributed by atoms with van der Waals surface area (Å²) < 4.78 is 0. The van der Waals surface area contributed by atoms with Gasteiger partial charge in [-0.25, -0.2) is 0 Å². The smallest absolute Gasteiger partial charge is 0.143 e. The molecule has 0 radical (unpaired) electrons. The second kappa shape index (κ2) is 6.18. The van der Waals surface area contributed by atoms with Gasteiger partial charge in [-0.2, -0.15) is 0 Å². The third-order valence-electron chi connectivity index (χ3n) is 5.28. The first kappa shape index (κ1) is 14.0. The molecule has 0 aliphatic heterocycles. The van der Waals surface area contributed by atoms with Gasteiger partial charge in [0.25, 0.3) is 0 Å². The maximum absolute atomic E-state index is 12.9. The van der Waals surface area contributed by atoms with Crippen LogP contribution in [0.4, 0.5) is 0 Å². The zero-order chi connectivity index (χ0) is 13.0. The van der Waals surface area contributed by atoms with Crippen LogP contribution < -0.4 is 5.73 Å². The first-order valence-electron chi connectivity index (χ1n) is 7.92. The van der Waals surface area contributed by atoms with Crippen molar-refractivity contribution in [2.75, 3.05) is 6.54 Å². The second-order valence-electron chi connectivity index (χ2n) is 6.73. The van der Waals surface area contributed by atoms with Crippen molar-refractivity contribution in [2.24, 2.45) is 23.0 Å². The van der Waals surface area contributed by atoms with Gasteiger partial charge >= 0.3 is 0 Å². The maximum Gasteiger partial charge on any atom is 0.143 e. The van der Waals surface area contributed by atoms with Crippen LogP contribution in [0.5, 0.6) is 0 Å². The number of ketones is 1. The third kappa shape index (κ3) is 2.96. The number of nitrogens with two attached hydrogens (primary N) is 1. The molecule has 2 rings (SSSR count). The van der Waals surface area contributed by atoms with E-state index < -0.39 is 0 Å². The normalized spacial score (nSPS) is 32.8. The molecular weight excluding hydrogens is 222 g/mol. The molecule has 0 saturated heterocycles. The Morgan fingerprint density at radius 3 is 2.33 bits per heavy atom. The van der Waals surface area contributed by atoms with E-state index in [-0.39, 0.29) is 5.41 Å². The molecular formula is C16H29NO. The Labute approximate surface area is 112 Å². The Bertz CT molecular complexity index is 279. The van der Waals surface area contributed by atoms with Crippen molar-refractivity contribution in [3.8, 4) is 0 Å². The number of hydrogen-bond acceptors (Lipinski definition) is 2. The summed E-state index contributed by atoms with van der Waals surface area (Å²) in [5.74, 6) is 1.57. The molecule has 0 heterocycles. The lowest BCUT2D eigenvalue weighted by Crippen LogP contribution is -2.43. The van der Waals surface area contributed by atoms with Crippen molar-refractivity contribution in [3.63, 3.8) is 0 Å². The molecule has 2 heteroatoms. The minimum Gasteiger partial charge on any atom is -0.329 e. The van der Waals surface area contributed by atoms with Gasteiger partial charge in [-0.3, -0.25) is 4.79 Å². The molecule has 2 atom stereocenters. The lowest BCUT2D eigenvalue weighted by Gasteiger charge is -2.36. The fourth-order valence-electron chi connectivity index (χ4n) is 4.06. The quantitative estimate of drug-likeness (QED) is 0.777. The fraction of sp³-hybridized carbons (Fsp3) is 0.938. The van der Waals surface area contributed by atoms with E-state index in [0.717, 1.165) is 31.6 Å². The van der Waals surface area contributed by atoms with Gasteiger partial charge in [0.15, 0.2) is 0 Å².